The molecule has 1 amide bonds. The van der Waals surface area contributed by atoms with Crippen LogP contribution in [-0.4, -0.2) is 13.0 Å². The van der Waals surface area contributed by atoms with E-state index in [0.29, 0.717) is 12.8 Å². The highest BCUT2D eigenvalue weighted by Gasteiger charge is 2.07. The lowest BCUT2D eigenvalue weighted by atomic mass is 10.1. The van der Waals surface area contributed by atoms with E-state index < -0.39 is 0 Å². The summed E-state index contributed by atoms with van der Waals surface area (Å²) in [5, 5.41) is 2.94. The van der Waals surface area contributed by atoms with Crippen molar-refractivity contribution in [3.8, 4) is 5.75 Å². The van der Waals surface area contributed by atoms with Crippen LogP contribution < -0.4 is 10.1 Å². The molecular weight excluding hydrogens is 342 g/mol. The van der Waals surface area contributed by atoms with Gasteiger partial charge in [0, 0.05) is 10.9 Å². The Kier molecular flexibility index (Phi) is 6.01. The molecule has 0 bridgehead atoms. The molecule has 2 rings (SSSR count). The van der Waals surface area contributed by atoms with Crippen molar-refractivity contribution in [2.45, 2.75) is 26.2 Å². The monoisotopic (exact) mass is 361 g/mol. The maximum absolute atomic E-state index is 12.1. The lowest BCUT2D eigenvalue weighted by Gasteiger charge is -2.09. The number of anilines is 1. The summed E-state index contributed by atoms with van der Waals surface area (Å²) in [6.45, 7) is 2.11. The van der Waals surface area contributed by atoms with E-state index in [1.165, 1.54) is 5.56 Å². The van der Waals surface area contributed by atoms with E-state index in [9.17, 15) is 4.79 Å². The first-order valence-electron chi connectivity index (χ1n) is 7.33. The van der Waals surface area contributed by atoms with Crippen LogP contribution in [0.15, 0.2) is 46.9 Å². The highest BCUT2D eigenvalue weighted by molar-refractivity contribution is 9.10. The van der Waals surface area contributed by atoms with E-state index in [2.05, 4.69) is 28.2 Å². The van der Waals surface area contributed by atoms with Crippen LogP contribution >= 0.6 is 15.9 Å². The number of amides is 1. The van der Waals surface area contributed by atoms with E-state index in [0.717, 1.165) is 27.9 Å². The van der Waals surface area contributed by atoms with Crippen LogP contribution in [0.2, 0.25) is 0 Å². The highest BCUT2D eigenvalue weighted by Crippen LogP contribution is 2.24. The molecule has 0 unspecified atom stereocenters. The van der Waals surface area contributed by atoms with Gasteiger partial charge in [0.1, 0.15) is 5.75 Å². The van der Waals surface area contributed by atoms with Crippen molar-refractivity contribution in [2.75, 3.05) is 12.4 Å². The summed E-state index contributed by atoms with van der Waals surface area (Å²) in [5.41, 5.74) is 3.18. The average Bonchev–Trinajstić information content (AvgIpc) is 2.55. The third kappa shape index (κ3) is 4.60. The Morgan fingerprint density at radius 1 is 1.14 bits per heavy atom. The lowest BCUT2D eigenvalue weighted by molar-refractivity contribution is -0.116. The largest absolute Gasteiger partial charge is 0.497 e. The molecule has 0 aliphatic carbocycles. The van der Waals surface area contributed by atoms with E-state index >= 15 is 0 Å². The second kappa shape index (κ2) is 7.99. The number of benzene rings is 2. The maximum atomic E-state index is 12.1. The maximum Gasteiger partial charge on any atom is 0.224 e. The normalized spacial score (nSPS) is 10.3. The van der Waals surface area contributed by atoms with Crippen LogP contribution in [0.3, 0.4) is 0 Å². The van der Waals surface area contributed by atoms with Crippen LogP contribution in [0.5, 0.6) is 5.75 Å². The summed E-state index contributed by atoms with van der Waals surface area (Å²) < 4.78 is 6.04. The molecule has 0 saturated heterocycles. The number of nitrogens with one attached hydrogen (secondary N) is 1. The van der Waals surface area contributed by atoms with Crippen LogP contribution in [0.4, 0.5) is 5.69 Å². The van der Waals surface area contributed by atoms with Crippen molar-refractivity contribution in [3.63, 3.8) is 0 Å². The van der Waals surface area contributed by atoms with Crippen LogP contribution in [0.1, 0.15) is 24.5 Å². The predicted molar refractivity (Wildman–Crippen MR) is 93.5 cm³/mol. The van der Waals surface area contributed by atoms with Gasteiger partial charge in [0.2, 0.25) is 5.91 Å². The Balaban J connectivity index is 1.89. The van der Waals surface area contributed by atoms with E-state index in [1.54, 1.807) is 7.11 Å². The highest BCUT2D eigenvalue weighted by atomic mass is 79.9. The fourth-order valence-corrected chi connectivity index (χ4v) is 2.67. The predicted octanol–water partition coefficient (Wildman–Crippen LogP) is 4.59. The molecule has 0 aliphatic heterocycles. The number of aryl methyl sites for hydroxylation is 2. The molecule has 2 aromatic carbocycles. The van der Waals surface area contributed by atoms with Crippen molar-refractivity contribution in [2.24, 2.45) is 0 Å². The molecule has 0 heterocycles. The van der Waals surface area contributed by atoms with Gasteiger partial charge in [0.05, 0.1) is 12.8 Å². The van der Waals surface area contributed by atoms with Gasteiger partial charge in [0.15, 0.2) is 0 Å². The summed E-state index contributed by atoms with van der Waals surface area (Å²) in [6.07, 6.45) is 2.14. The molecule has 22 heavy (non-hydrogen) atoms. The van der Waals surface area contributed by atoms with Crippen LogP contribution in [0, 0.1) is 0 Å². The molecule has 0 aromatic heterocycles. The van der Waals surface area contributed by atoms with Crippen molar-refractivity contribution in [1.29, 1.82) is 0 Å². The van der Waals surface area contributed by atoms with E-state index in [4.69, 9.17) is 4.74 Å². The number of rotatable bonds is 6. The van der Waals surface area contributed by atoms with Crippen LogP contribution in [-0.2, 0) is 17.6 Å². The van der Waals surface area contributed by atoms with Gasteiger partial charge in [-0.05, 0) is 64.2 Å². The Labute approximate surface area is 139 Å². The second-order valence-corrected chi connectivity index (χ2v) is 5.92. The Morgan fingerprint density at radius 3 is 2.41 bits per heavy atom. The summed E-state index contributed by atoms with van der Waals surface area (Å²) in [7, 11) is 1.64. The van der Waals surface area contributed by atoms with Gasteiger partial charge in [-0.3, -0.25) is 4.79 Å². The minimum absolute atomic E-state index is 0.0146. The van der Waals surface area contributed by atoms with E-state index in [1.807, 2.05) is 42.5 Å². The molecule has 0 radical (unpaired) electrons. The molecule has 0 saturated carbocycles. The minimum Gasteiger partial charge on any atom is -0.497 e. The molecule has 1 N–H and O–H groups in total. The fourth-order valence-electron chi connectivity index (χ4n) is 2.14. The first-order chi connectivity index (χ1) is 10.6. The smallest absolute Gasteiger partial charge is 0.224 e. The van der Waals surface area contributed by atoms with Gasteiger partial charge in [-0.25, -0.2) is 0 Å². The first kappa shape index (κ1) is 16.6. The average molecular weight is 362 g/mol. The second-order valence-electron chi connectivity index (χ2n) is 5.06. The Bertz CT molecular complexity index is 638. The minimum atomic E-state index is 0.0146. The van der Waals surface area contributed by atoms with Gasteiger partial charge in [-0.2, -0.15) is 0 Å². The zero-order chi connectivity index (χ0) is 15.9. The molecule has 0 aliphatic rings. The molecule has 0 spiro atoms. The number of hydrogen-bond donors (Lipinski definition) is 1. The van der Waals surface area contributed by atoms with Crippen molar-refractivity contribution >= 4 is 27.5 Å². The summed E-state index contributed by atoms with van der Waals surface area (Å²) in [4.78, 5) is 12.1. The number of halogens is 1. The Morgan fingerprint density at radius 2 is 1.82 bits per heavy atom. The van der Waals surface area contributed by atoms with Gasteiger partial charge in [0.25, 0.3) is 0 Å². The summed E-state index contributed by atoms with van der Waals surface area (Å²) in [6, 6.07) is 13.8. The van der Waals surface area contributed by atoms with Crippen molar-refractivity contribution in [1.82, 2.24) is 0 Å². The first-order valence-corrected chi connectivity index (χ1v) is 8.13. The molecule has 0 fully saturated rings. The zero-order valence-corrected chi connectivity index (χ0v) is 14.4. The molecule has 4 heteroatoms. The third-order valence-electron chi connectivity index (χ3n) is 3.52. The lowest BCUT2D eigenvalue weighted by Crippen LogP contribution is -2.12. The van der Waals surface area contributed by atoms with Crippen LogP contribution in [0.25, 0.3) is 0 Å². The fraction of sp³-hybridized carbons (Fsp3) is 0.278. The zero-order valence-electron chi connectivity index (χ0n) is 12.9. The number of hydrogen-bond acceptors (Lipinski definition) is 2. The molecule has 0 atom stereocenters. The SMILES string of the molecule is CCc1ccc(NC(=O)CCc2ccc(OC)cc2)c(Br)c1. The third-order valence-corrected chi connectivity index (χ3v) is 4.17. The molecule has 3 nitrogen and oxygen atoms in total. The number of carbonyl (C=O) groups excluding carboxylic acids is 1. The number of ether oxygens (including phenoxy) is 1. The molecular formula is C18H20BrNO2. The standard InChI is InChI=1S/C18H20BrNO2/c1-3-13-6-10-17(16(19)12-13)20-18(21)11-7-14-4-8-15(22-2)9-5-14/h4-6,8-10,12H,3,7,11H2,1-2H3,(H,20,21). The van der Waals surface area contributed by atoms with Gasteiger partial charge >= 0.3 is 0 Å². The van der Waals surface area contributed by atoms with Crippen molar-refractivity contribution in [3.05, 3.63) is 58.1 Å². The quantitative estimate of drug-likeness (QED) is 0.816. The van der Waals surface area contributed by atoms with E-state index in [-0.39, 0.29) is 5.91 Å². The van der Waals surface area contributed by atoms with Gasteiger partial charge in [-0.1, -0.05) is 25.1 Å². The Hall–Kier alpha value is -1.81. The number of carbonyl (C=O) groups is 1. The summed E-state index contributed by atoms with van der Waals surface area (Å²) in [5.74, 6) is 0.842. The van der Waals surface area contributed by atoms with Gasteiger partial charge in [-0.15, -0.1) is 0 Å². The number of methoxy groups -OCH3 is 1. The molecule has 2 aromatic rings. The summed E-state index contributed by atoms with van der Waals surface area (Å²) >= 11 is 3.50. The van der Waals surface area contributed by atoms with Crippen molar-refractivity contribution < 1.29 is 9.53 Å². The topological polar surface area (TPSA) is 38.3 Å². The van der Waals surface area contributed by atoms with Gasteiger partial charge < -0.3 is 10.1 Å². The molecule has 116 valence electrons.